The van der Waals surface area contributed by atoms with Crippen molar-refractivity contribution in [1.29, 1.82) is 0 Å². The second-order valence-corrected chi connectivity index (χ2v) is 6.44. The van der Waals surface area contributed by atoms with E-state index in [-0.39, 0.29) is 0 Å². The molecule has 0 spiro atoms. The topological polar surface area (TPSA) is 30.5 Å². The minimum Gasteiger partial charge on any atom is -0.382 e. The number of methoxy groups -OCH3 is 1. The molecule has 18 heavy (non-hydrogen) atoms. The fraction of sp³-hybridized carbons (Fsp3) is 1.00. The van der Waals surface area contributed by atoms with Gasteiger partial charge in [0.2, 0.25) is 0 Å². The average Bonchev–Trinajstić information content (AvgIpc) is 2.30. The number of ether oxygens (including phenoxy) is 2. The summed E-state index contributed by atoms with van der Waals surface area (Å²) in [6.07, 6.45) is 4.06. The summed E-state index contributed by atoms with van der Waals surface area (Å²) in [6, 6.07) is 0.519. The lowest BCUT2D eigenvalue weighted by atomic mass is 9.70. The Morgan fingerprint density at radius 1 is 1.17 bits per heavy atom. The standard InChI is InChI=1S/C15H31NO2/c1-6-16-13-8-7-12(15(2,3)4)11-14(13)18-10-9-17-5/h12-14,16H,6-11H2,1-5H3. The Bertz CT molecular complexity index is 225. The van der Waals surface area contributed by atoms with Crippen LogP contribution in [-0.2, 0) is 9.47 Å². The van der Waals surface area contributed by atoms with Crippen LogP contribution < -0.4 is 5.32 Å². The Labute approximate surface area is 113 Å². The highest BCUT2D eigenvalue weighted by Crippen LogP contribution is 2.38. The molecular weight excluding hydrogens is 226 g/mol. The molecule has 0 saturated heterocycles. The van der Waals surface area contributed by atoms with Crippen LogP contribution in [-0.4, -0.2) is 39.0 Å². The van der Waals surface area contributed by atoms with Crippen LogP contribution >= 0.6 is 0 Å². The van der Waals surface area contributed by atoms with E-state index in [0.717, 1.165) is 12.5 Å². The molecule has 3 heteroatoms. The van der Waals surface area contributed by atoms with Crippen LogP contribution in [0.25, 0.3) is 0 Å². The van der Waals surface area contributed by atoms with Gasteiger partial charge in [0.25, 0.3) is 0 Å². The van der Waals surface area contributed by atoms with Crippen molar-refractivity contribution in [3.05, 3.63) is 0 Å². The van der Waals surface area contributed by atoms with E-state index in [4.69, 9.17) is 9.47 Å². The Morgan fingerprint density at radius 2 is 1.89 bits per heavy atom. The number of nitrogens with one attached hydrogen (secondary N) is 1. The minimum absolute atomic E-state index is 0.345. The summed E-state index contributed by atoms with van der Waals surface area (Å²) in [5.74, 6) is 0.764. The molecule has 0 aromatic carbocycles. The minimum atomic E-state index is 0.345. The molecule has 3 unspecified atom stereocenters. The van der Waals surface area contributed by atoms with Crippen molar-refractivity contribution in [3.8, 4) is 0 Å². The summed E-state index contributed by atoms with van der Waals surface area (Å²) in [5, 5.41) is 3.57. The zero-order valence-electron chi connectivity index (χ0n) is 12.8. The van der Waals surface area contributed by atoms with Crippen molar-refractivity contribution >= 4 is 0 Å². The second kappa shape index (κ2) is 7.46. The molecular formula is C15H31NO2. The number of hydrogen-bond acceptors (Lipinski definition) is 3. The maximum absolute atomic E-state index is 6.03. The van der Waals surface area contributed by atoms with Crippen molar-refractivity contribution in [2.24, 2.45) is 11.3 Å². The van der Waals surface area contributed by atoms with Crippen molar-refractivity contribution in [1.82, 2.24) is 5.32 Å². The summed E-state index contributed by atoms with van der Waals surface area (Å²) >= 11 is 0. The van der Waals surface area contributed by atoms with E-state index in [1.54, 1.807) is 7.11 Å². The van der Waals surface area contributed by atoms with Gasteiger partial charge >= 0.3 is 0 Å². The first-order chi connectivity index (χ1) is 8.49. The van der Waals surface area contributed by atoms with Crippen LogP contribution in [0, 0.1) is 11.3 Å². The van der Waals surface area contributed by atoms with Crippen LogP contribution in [0.15, 0.2) is 0 Å². The molecule has 1 saturated carbocycles. The Hall–Kier alpha value is -0.120. The summed E-state index contributed by atoms with van der Waals surface area (Å²) < 4.78 is 11.1. The normalized spacial score (nSPS) is 29.5. The lowest BCUT2D eigenvalue weighted by molar-refractivity contribution is -0.0429. The van der Waals surface area contributed by atoms with Gasteiger partial charge in [0.15, 0.2) is 0 Å². The van der Waals surface area contributed by atoms with Gasteiger partial charge in [0, 0.05) is 13.2 Å². The zero-order chi connectivity index (χ0) is 13.6. The van der Waals surface area contributed by atoms with E-state index in [1.165, 1.54) is 19.3 Å². The van der Waals surface area contributed by atoms with Gasteiger partial charge in [0.05, 0.1) is 19.3 Å². The molecule has 0 aromatic heterocycles. The van der Waals surface area contributed by atoms with E-state index < -0.39 is 0 Å². The Balaban J connectivity index is 2.52. The van der Waals surface area contributed by atoms with Crippen LogP contribution in [0.4, 0.5) is 0 Å². The van der Waals surface area contributed by atoms with E-state index in [2.05, 4.69) is 33.0 Å². The summed E-state index contributed by atoms with van der Waals surface area (Å²) in [4.78, 5) is 0. The van der Waals surface area contributed by atoms with Gasteiger partial charge in [-0.2, -0.15) is 0 Å². The third-order valence-corrected chi connectivity index (χ3v) is 4.10. The van der Waals surface area contributed by atoms with Crippen molar-refractivity contribution in [2.45, 2.75) is 59.1 Å². The maximum Gasteiger partial charge on any atom is 0.0732 e. The van der Waals surface area contributed by atoms with E-state index in [9.17, 15) is 0 Å². The van der Waals surface area contributed by atoms with Crippen molar-refractivity contribution in [2.75, 3.05) is 26.9 Å². The van der Waals surface area contributed by atoms with Gasteiger partial charge in [-0.15, -0.1) is 0 Å². The molecule has 0 aliphatic heterocycles. The Kier molecular flexibility index (Phi) is 6.61. The molecule has 1 N–H and O–H groups in total. The van der Waals surface area contributed by atoms with Gasteiger partial charge in [-0.1, -0.05) is 27.7 Å². The molecule has 3 nitrogen and oxygen atoms in total. The summed E-state index contributed by atoms with van der Waals surface area (Å²) in [5.41, 5.74) is 0.389. The maximum atomic E-state index is 6.03. The molecule has 1 rings (SSSR count). The molecule has 1 aliphatic carbocycles. The van der Waals surface area contributed by atoms with Gasteiger partial charge in [0.1, 0.15) is 0 Å². The quantitative estimate of drug-likeness (QED) is 0.742. The first-order valence-corrected chi connectivity index (χ1v) is 7.33. The third kappa shape index (κ3) is 4.87. The largest absolute Gasteiger partial charge is 0.382 e. The highest BCUT2D eigenvalue weighted by molar-refractivity contribution is 4.89. The monoisotopic (exact) mass is 257 g/mol. The van der Waals surface area contributed by atoms with Gasteiger partial charge in [-0.25, -0.2) is 0 Å². The molecule has 0 bridgehead atoms. The van der Waals surface area contributed by atoms with Crippen LogP contribution in [0.5, 0.6) is 0 Å². The van der Waals surface area contributed by atoms with Crippen LogP contribution in [0.1, 0.15) is 47.0 Å². The Morgan fingerprint density at radius 3 is 2.44 bits per heavy atom. The van der Waals surface area contributed by atoms with E-state index >= 15 is 0 Å². The lowest BCUT2D eigenvalue weighted by Crippen LogP contribution is -2.47. The average molecular weight is 257 g/mol. The summed E-state index contributed by atoms with van der Waals surface area (Å²) in [6.45, 7) is 11.6. The number of hydrogen-bond donors (Lipinski definition) is 1. The van der Waals surface area contributed by atoms with Crippen molar-refractivity contribution < 1.29 is 9.47 Å². The van der Waals surface area contributed by atoms with Crippen molar-refractivity contribution in [3.63, 3.8) is 0 Å². The third-order valence-electron chi connectivity index (χ3n) is 4.10. The highest BCUT2D eigenvalue weighted by Gasteiger charge is 2.35. The van der Waals surface area contributed by atoms with Gasteiger partial charge < -0.3 is 14.8 Å². The molecule has 1 aliphatic rings. The van der Waals surface area contributed by atoms with E-state index in [1.807, 2.05) is 0 Å². The first kappa shape index (κ1) is 15.9. The molecule has 0 amide bonds. The predicted octanol–water partition coefficient (Wildman–Crippen LogP) is 2.84. The number of rotatable bonds is 6. The zero-order valence-corrected chi connectivity index (χ0v) is 12.8. The van der Waals surface area contributed by atoms with Gasteiger partial charge in [-0.05, 0) is 37.1 Å². The fourth-order valence-corrected chi connectivity index (χ4v) is 2.88. The molecule has 108 valence electrons. The highest BCUT2D eigenvalue weighted by atomic mass is 16.5. The first-order valence-electron chi connectivity index (χ1n) is 7.33. The second-order valence-electron chi connectivity index (χ2n) is 6.44. The summed E-state index contributed by atoms with van der Waals surface area (Å²) in [7, 11) is 1.73. The van der Waals surface area contributed by atoms with E-state index in [0.29, 0.717) is 30.8 Å². The molecule has 0 heterocycles. The predicted molar refractivity (Wildman–Crippen MR) is 75.9 cm³/mol. The molecule has 0 aromatic rings. The smallest absolute Gasteiger partial charge is 0.0732 e. The van der Waals surface area contributed by atoms with Crippen LogP contribution in [0.3, 0.4) is 0 Å². The molecule has 0 radical (unpaired) electrons. The van der Waals surface area contributed by atoms with Crippen LogP contribution in [0.2, 0.25) is 0 Å². The molecule has 3 atom stereocenters. The fourth-order valence-electron chi connectivity index (χ4n) is 2.88. The van der Waals surface area contributed by atoms with Gasteiger partial charge in [-0.3, -0.25) is 0 Å². The lowest BCUT2D eigenvalue weighted by Gasteiger charge is -2.42. The SMILES string of the molecule is CCNC1CCC(C(C)(C)C)CC1OCCOC. The number of likely N-dealkylation sites (N-methyl/N-ethyl adjacent to an activating group) is 1. The molecule has 1 fully saturated rings.